The van der Waals surface area contributed by atoms with Crippen LogP contribution in [0.2, 0.25) is 0 Å². The van der Waals surface area contributed by atoms with E-state index in [1.54, 1.807) is 12.1 Å². The van der Waals surface area contributed by atoms with E-state index >= 15 is 0 Å². The van der Waals surface area contributed by atoms with Crippen molar-refractivity contribution in [3.8, 4) is 0 Å². The summed E-state index contributed by atoms with van der Waals surface area (Å²) in [4.78, 5) is 0. The lowest BCUT2D eigenvalue weighted by atomic mass is 9.99. The molecule has 0 saturated heterocycles. The van der Waals surface area contributed by atoms with Crippen LogP contribution in [0.15, 0.2) is 30.3 Å². The highest BCUT2D eigenvalue weighted by atomic mass is 35.5. The Bertz CT molecular complexity index is 580. The fourth-order valence-electron chi connectivity index (χ4n) is 2.12. The van der Waals surface area contributed by atoms with Crippen LogP contribution in [0.5, 0.6) is 0 Å². The number of hydrogen-bond donors (Lipinski definition) is 0. The maximum atomic E-state index is 13.7. The summed E-state index contributed by atoms with van der Waals surface area (Å²) in [6.45, 7) is 3.75. The quantitative estimate of drug-likeness (QED) is 0.677. The van der Waals surface area contributed by atoms with E-state index in [0.717, 1.165) is 11.1 Å². The average molecular weight is 285 g/mol. The molecule has 0 aromatic heterocycles. The highest BCUT2D eigenvalue weighted by molar-refractivity contribution is 6.22. The lowest BCUT2D eigenvalue weighted by molar-refractivity contribution is 0.526. The van der Waals surface area contributed by atoms with Gasteiger partial charge in [0, 0.05) is 17.7 Å². The van der Waals surface area contributed by atoms with Crippen molar-refractivity contribution in [2.45, 2.75) is 19.2 Å². The largest absolute Gasteiger partial charge is 0.207 e. The summed E-state index contributed by atoms with van der Waals surface area (Å²) in [6.07, 6.45) is 0. The Hall–Kier alpha value is -1.48. The van der Waals surface area contributed by atoms with Crippen molar-refractivity contribution in [3.05, 3.63) is 70.0 Å². The Labute approximate surface area is 114 Å². The topological polar surface area (TPSA) is 0 Å². The molecule has 2 rings (SSSR count). The molecule has 1 unspecified atom stereocenters. The van der Waals surface area contributed by atoms with Gasteiger partial charge >= 0.3 is 0 Å². The summed E-state index contributed by atoms with van der Waals surface area (Å²) in [5, 5.41) is -0.987. The Balaban J connectivity index is 2.52. The van der Waals surface area contributed by atoms with E-state index in [1.165, 1.54) is 0 Å². The molecule has 2 aromatic rings. The molecule has 0 amide bonds. The van der Waals surface area contributed by atoms with Crippen LogP contribution >= 0.6 is 11.6 Å². The highest BCUT2D eigenvalue weighted by Crippen LogP contribution is 2.33. The highest BCUT2D eigenvalue weighted by Gasteiger charge is 2.21. The zero-order chi connectivity index (χ0) is 14.2. The molecule has 0 spiro atoms. The zero-order valence-corrected chi connectivity index (χ0v) is 11.2. The molecule has 0 bridgehead atoms. The van der Waals surface area contributed by atoms with Gasteiger partial charge in [0.1, 0.15) is 17.5 Å². The zero-order valence-electron chi connectivity index (χ0n) is 10.5. The Morgan fingerprint density at radius 2 is 1.32 bits per heavy atom. The van der Waals surface area contributed by atoms with Crippen molar-refractivity contribution in [2.24, 2.45) is 0 Å². The van der Waals surface area contributed by atoms with Crippen LogP contribution in [-0.4, -0.2) is 0 Å². The second kappa shape index (κ2) is 5.25. The summed E-state index contributed by atoms with van der Waals surface area (Å²) in [6, 6.07) is 6.72. The molecule has 4 heteroatoms. The first-order chi connectivity index (χ1) is 8.88. The molecule has 0 aliphatic heterocycles. The molecule has 0 fully saturated rings. The molecular weight excluding hydrogens is 273 g/mol. The van der Waals surface area contributed by atoms with E-state index in [2.05, 4.69) is 0 Å². The summed E-state index contributed by atoms with van der Waals surface area (Å²) >= 11 is 6.14. The van der Waals surface area contributed by atoms with Gasteiger partial charge in [-0.05, 0) is 19.4 Å². The predicted molar refractivity (Wildman–Crippen MR) is 69.9 cm³/mol. The van der Waals surface area contributed by atoms with Crippen LogP contribution in [0.4, 0.5) is 13.2 Å². The molecule has 0 N–H and O–H groups in total. The third kappa shape index (κ3) is 2.92. The molecule has 0 aliphatic carbocycles. The number of halogens is 4. The van der Waals surface area contributed by atoms with Gasteiger partial charge in [0.2, 0.25) is 0 Å². The third-order valence-electron chi connectivity index (χ3n) is 2.83. The van der Waals surface area contributed by atoms with E-state index < -0.39 is 22.8 Å². The van der Waals surface area contributed by atoms with E-state index in [1.807, 2.05) is 19.9 Å². The van der Waals surface area contributed by atoms with Crippen molar-refractivity contribution in [1.29, 1.82) is 0 Å². The van der Waals surface area contributed by atoms with E-state index in [4.69, 9.17) is 11.6 Å². The molecule has 0 nitrogen and oxygen atoms in total. The first kappa shape index (κ1) is 13.9. The number of hydrogen-bond acceptors (Lipinski definition) is 0. The summed E-state index contributed by atoms with van der Waals surface area (Å²) in [5.74, 6) is -2.91. The average Bonchev–Trinajstić information content (AvgIpc) is 2.25. The molecule has 100 valence electrons. The van der Waals surface area contributed by atoms with Crippen molar-refractivity contribution >= 4 is 11.6 Å². The predicted octanol–water partition coefficient (Wildman–Crippen LogP) is 5.05. The summed E-state index contributed by atoms with van der Waals surface area (Å²) < 4.78 is 40.2. The van der Waals surface area contributed by atoms with E-state index in [0.29, 0.717) is 17.7 Å². The first-order valence-electron chi connectivity index (χ1n) is 5.75. The van der Waals surface area contributed by atoms with Crippen molar-refractivity contribution in [2.75, 3.05) is 0 Å². The van der Waals surface area contributed by atoms with Gasteiger partial charge in [0.15, 0.2) is 0 Å². The van der Waals surface area contributed by atoms with Crippen molar-refractivity contribution in [1.82, 2.24) is 0 Å². The second-order valence-electron chi connectivity index (χ2n) is 4.57. The van der Waals surface area contributed by atoms with Gasteiger partial charge in [0.05, 0.1) is 5.38 Å². The van der Waals surface area contributed by atoms with Gasteiger partial charge in [0.25, 0.3) is 0 Å². The molecule has 0 aliphatic rings. The molecule has 0 heterocycles. The van der Waals surface area contributed by atoms with Gasteiger partial charge in [-0.2, -0.15) is 0 Å². The fraction of sp³-hybridized carbons (Fsp3) is 0.200. The fourth-order valence-corrected chi connectivity index (χ4v) is 2.45. The molecule has 2 aromatic carbocycles. The summed E-state index contributed by atoms with van der Waals surface area (Å²) in [7, 11) is 0. The third-order valence-corrected chi connectivity index (χ3v) is 3.30. The van der Waals surface area contributed by atoms with Gasteiger partial charge in [-0.1, -0.05) is 29.3 Å². The van der Waals surface area contributed by atoms with Crippen LogP contribution in [0.3, 0.4) is 0 Å². The van der Waals surface area contributed by atoms with Gasteiger partial charge in [-0.25, -0.2) is 13.2 Å². The van der Waals surface area contributed by atoms with Gasteiger partial charge in [-0.15, -0.1) is 11.6 Å². The van der Waals surface area contributed by atoms with Crippen LogP contribution in [0, 0.1) is 31.3 Å². The van der Waals surface area contributed by atoms with Gasteiger partial charge < -0.3 is 0 Å². The molecule has 0 radical (unpaired) electrons. The SMILES string of the molecule is Cc1cc(C)cc(C(Cl)c2c(F)cc(F)cc2F)c1. The number of rotatable bonds is 2. The van der Waals surface area contributed by atoms with Crippen LogP contribution in [0.1, 0.15) is 27.6 Å². The monoisotopic (exact) mass is 284 g/mol. The van der Waals surface area contributed by atoms with Crippen molar-refractivity contribution < 1.29 is 13.2 Å². The van der Waals surface area contributed by atoms with Crippen LogP contribution in [0.25, 0.3) is 0 Å². The van der Waals surface area contributed by atoms with E-state index in [9.17, 15) is 13.2 Å². The van der Waals surface area contributed by atoms with Gasteiger partial charge in [-0.3, -0.25) is 0 Å². The maximum absolute atomic E-state index is 13.7. The Morgan fingerprint density at radius 1 is 0.842 bits per heavy atom. The minimum absolute atomic E-state index is 0.326. The number of aryl methyl sites for hydroxylation is 2. The second-order valence-corrected chi connectivity index (χ2v) is 5.00. The lowest BCUT2D eigenvalue weighted by Crippen LogP contribution is -2.03. The van der Waals surface area contributed by atoms with Crippen LogP contribution in [-0.2, 0) is 0 Å². The maximum Gasteiger partial charge on any atom is 0.134 e. The number of benzene rings is 2. The molecule has 1 atom stereocenters. The minimum Gasteiger partial charge on any atom is -0.207 e. The smallest absolute Gasteiger partial charge is 0.134 e. The van der Waals surface area contributed by atoms with Crippen LogP contribution < -0.4 is 0 Å². The first-order valence-corrected chi connectivity index (χ1v) is 6.19. The Kier molecular flexibility index (Phi) is 3.85. The molecule has 0 saturated carbocycles. The number of alkyl halides is 1. The normalized spacial score (nSPS) is 12.5. The minimum atomic E-state index is -0.987. The van der Waals surface area contributed by atoms with E-state index in [-0.39, 0.29) is 5.56 Å². The van der Waals surface area contributed by atoms with Crippen molar-refractivity contribution in [3.63, 3.8) is 0 Å². The molecule has 19 heavy (non-hydrogen) atoms. The lowest BCUT2D eigenvalue weighted by Gasteiger charge is -2.14. The molecular formula is C15H12ClF3. The Morgan fingerprint density at radius 3 is 1.79 bits per heavy atom. The summed E-state index contributed by atoms with van der Waals surface area (Å²) in [5.41, 5.74) is 2.16. The standard InChI is InChI=1S/C15H12ClF3/c1-8-3-9(2)5-10(4-8)15(16)14-12(18)6-11(17)7-13(14)19/h3-7,15H,1-2H3.